The number of H-pyrrole nitrogens is 1. The minimum absolute atomic E-state index is 0.847. The first-order valence-corrected chi connectivity index (χ1v) is 8.11. The van der Waals surface area contributed by atoms with Crippen molar-refractivity contribution in [3.63, 3.8) is 0 Å². The molecule has 0 saturated carbocycles. The van der Waals surface area contributed by atoms with E-state index < -0.39 is 0 Å². The fourth-order valence-electron chi connectivity index (χ4n) is 2.33. The van der Waals surface area contributed by atoms with E-state index >= 15 is 0 Å². The van der Waals surface area contributed by atoms with Crippen molar-refractivity contribution >= 4 is 39.1 Å². The van der Waals surface area contributed by atoms with Crippen LogP contribution in [0.3, 0.4) is 0 Å². The summed E-state index contributed by atoms with van der Waals surface area (Å²) in [5, 5.41) is 1.16. The highest BCUT2D eigenvalue weighted by molar-refractivity contribution is 14.1. The van der Waals surface area contributed by atoms with Gasteiger partial charge in [-0.05, 0) is 35.4 Å². The number of hydrogen-bond donors (Lipinski definition) is 1. The predicted octanol–water partition coefficient (Wildman–Crippen LogP) is 4.57. The lowest BCUT2D eigenvalue weighted by Crippen LogP contribution is -1.87. The summed E-state index contributed by atoms with van der Waals surface area (Å²) >= 11 is 2.33. The molecule has 3 nitrogen and oxygen atoms in total. The lowest BCUT2D eigenvalue weighted by molar-refractivity contribution is 0.415. The van der Waals surface area contributed by atoms with Gasteiger partial charge in [0.2, 0.25) is 0 Å². The number of benzene rings is 1. The zero-order valence-corrected chi connectivity index (χ0v) is 13.8. The first-order valence-electron chi connectivity index (χ1n) is 6.59. The molecule has 1 N–H and O–H groups in total. The number of aromatic amines is 1. The molecule has 106 valence electrons. The molecular weight excluding hydrogens is 375 g/mol. The first-order chi connectivity index (χ1) is 10.2. The van der Waals surface area contributed by atoms with Gasteiger partial charge >= 0.3 is 0 Å². The minimum atomic E-state index is 0.847. The Hall–Kier alpha value is -1.82. The van der Waals surface area contributed by atoms with Crippen molar-refractivity contribution in [1.82, 2.24) is 9.97 Å². The highest BCUT2D eigenvalue weighted by atomic mass is 127. The lowest BCUT2D eigenvalue weighted by Gasteiger charge is -2.05. The van der Waals surface area contributed by atoms with Crippen LogP contribution in [-0.2, 0) is 4.43 Å². The van der Waals surface area contributed by atoms with Crippen molar-refractivity contribution in [1.29, 1.82) is 0 Å². The van der Waals surface area contributed by atoms with Gasteiger partial charge in [-0.2, -0.15) is 0 Å². The van der Waals surface area contributed by atoms with E-state index in [9.17, 15) is 0 Å². The van der Waals surface area contributed by atoms with Crippen molar-refractivity contribution in [3.8, 4) is 5.75 Å². The molecule has 0 amide bonds. The number of nitrogens with zero attached hydrogens (tertiary/aromatic N) is 1. The van der Waals surface area contributed by atoms with Gasteiger partial charge in [-0.15, -0.1) is 0 Å². The predicted molar refractivity (Wildman–Crippen MR) is 94.9 cm³/mol. The molecule has 0 unspecified atom stereocenters. The highest BCUT2D eigenvalue weighted by Crippen LogP contribution is 2.27. The largest absolute Gasteiger partial charge is 0.497 e. The molecule has 0 atom stereocenters. The third-order valence-corrected chi connectivity index (χ3v) is 4.24. The van der Waals surface area contributed by atoms with Crippen LogP contribution < -0.4 is 4.74 Å². The minimum Gasteiger partial charge on any atom is -0.497 e. The summed E-state index contributed by atoms with van der Waals surface area (Å²) in [7, 11) is 1.67. The maximum absolute atomic E-state index is 5.19. The first kappa shape index (κ1) is 14.1. The summed E-state index contributed by atoms with van der Waals surface area (Å²) < 4.78 is 6.08. The summed E-state index contributed by atoms with van der Waals surface area (Å²) in [5.41, 5.74) is 5.26. The fraction of sp³-hybridized carbons (Fsp3) is 0.118. The van der Waals surface area contributed by atoms with Gasteiger partial charge in [0, 0.05) is 27.2 Å². The lowest BCUT2D eigenvalue weighted by atomic mass is 10.0. The summed E-state index contributed by atoms with van der Waals surface area (Å²) in [4.78, 5) is 7.84. The number of pyridine rings is 1. The Morgan fingerprint density at radius 2 is 2.05 bits per heavy atom. The number of rotatable bonds is 4. The molecule has 1 aromatic carbocycles. The van der Waals surface area contributed by atoms with Crippen LogP contribution in [0.4, 0.5) is 0 Å². The SMILES string of the molecule is C=C(c1ccc(OC)cc1)c1cc2c(CI)nccc2[nH]1. The molecule has 0 spiro atoms. The van der Waals surface area contributed by atoms with Crippen LogP contribution in [0.5, 0.6) is 5.75 Å². The number of nitrogens with one attached hydrogen (secondary N) is 1. The molecule has 0 aliphatic heterocycles. The fourth-order valence-corrected chi connectivity index (χ4v) is 2.94. The van der Waals surface area contributed by atoms with Crippen molar-refractivity contribution in [3.05, 3.63) is 66.1 Å². The van der Waals surface area contributed by atoms with Gasteiger partial charge in [-0.1, -0.05) is 41.3 Å². The van der Waals surface area contributed by atoms with Gasteiger partial charge < -0.3 is 9.72 Å². The molecule has 0 aliphatic rings. The Labute approximate surface area is 137 Å². The maximum atomic E-state index is 5.19. The Morgan fingerprint density at radius 1 is 1.29 bits per heavy atom. The summed E-state index contributed by atoms with van der Waals surface area (Å²) in [5.74, 6) is 0.847. The molecule has 0 bridgehead atoms. The quantitative estimate of drug-likeness (QED) is 0.524. The van der Waals surface area contributed by atoms with Crippen molar-refractivity contribution in [2.24, 2.45) is 0 Å². The van der Waals surface area contributed by atoms with Crippen LogP contribution >= 0.6 is 22.6 Å². The van der Waals surface area contributed by atoms with Gasteiger partial charge in [0.15, 0.2) is 0 Å². The van der Waals surface area contributed by atoms with E-state index in [0.29, 0.717) is 0 Å². The number of alkyl halides is 1. The Kier molecular flexibility index (Phi) is 3.96. The summed E-state index contributed by atoms with van der Waals surface area (Å²) in [6, 6.07) is 12.1. The van der Waals surface area contributed by atoms with E-state index in [1.165, 1.54) is 0 Å². The van der Waals surface area contributed by atoms with E-state index in [0.717, 1.165) is 43.6 Å². The second-order valence-electron chi connectivity index (χ2n) is 4.74. The third-order valence-electron chi connectivity index (χ3n) is 3.52. The summed E-state index contributed by atoms with van der Waals surface area (Å²) in [6.45, 7) is 4.21. The van der Waals surface area contributed by atoms with Gasteiger partial charge in [0.05, 0.1) is 12.8 Å². The van der Waals surface area contributed by atoms with Crippen LogP contribution in [-0.4, -0.2) is 17.1 Å². The molecule has 0 radical (unpaired) electrons. The second kappa shape index (κ2) is 5.89. The maximum Gasteiger partial charge on any atom is 0.118 e. The van der Waals surface area contributed by atoms with E-state index in [1.807, 2.05) is 36.5 Å². The number of fused-ring (bicyclic) bond motifs is 1. The van der Waals surface area contributed by atoms with Crippen LogP contribution in [0.1, 0.15) is 17.0 Å². The second-order valence-corrected chi connectivity index (χ2v) is 5.51. The van der Waals surface area contributed by atoms with Crippen LogP contribution in [0.15, 0.2) is 49.2 Å². The molecule has 2 aromatic heterocycles. The number of hydrogen-bond acceptors (Lipinski definition) is 2. The number of methoxy groups -OCH3 is 1. The average molecular weight is 390 g/mol. The topological polar surface area (TPSA) is 37.9 Å². The molecule has 0 fully saturated rings. The van der Waals surface area contributed by atoms with Crippen molar-refractivity contribution in [2.75, 3.05) is 7.11 Å². The third kappa shape index (κ3) is 2.68. The molecule has 3 rings (SSSR count). The summed E-state index contributed by atoms with van der Waals surface area (Å²) in [6.07, 6.45) is 1.84. The molecular formula is C17H15IN2O. The van der Waals surface area contributed by atoms with Gasteiger partial charge in [-0.25, -0.2) is 0 Å². The Morgan fingerprint density at radius 3 is 2.71 bits per heavy atom. The normalized spacial score (nSPS) is 10.8. The van der Waals surface area contributed by atoms with Gasteiger partial charge in [0.25, 0.3) is 0 Å². The smallest absolute Gasteiger partial charge is 0.118 e. The van der Waals surface area contributed by atoms with Crippen LogP contribution in [0.25, 0.3) is 16.5 Å². The van der Waals surface area contributed by atoms with Gasteiger partial charge in [0.1, 0.15) is 5.75 Å². The van der Waals surface area contributed by atoms with E-state index in [-0.39, 0.29) is 0 Å². The zero-order valence-electron chi connectivity index (χ0n) is 11.7. The zero-order chi connectivity index (χ0) is 14.8. The standard InChI is InChI=1S/C17H15IN2O/c1-11(12-3-5-13(21-2)6-4-12)16-9-14-15(20-16)7-8-19-17(14)10-18/h3-9,20H,1,10H2,2H3. The van der Waals surface area contributed by atoms with E-state index in [4.69, 9.17) is 4.74 Å². The Bertz CT molecular complexity index is 790. The Balaban J connectivity index is 2.01. The van der Waals surface area contributed by atoms with E-state index in [1.54, 1.807) is 7.11 Å². The van der Waals surface area contributed by atoms with Crippen molar-refractivity contribution in [2.45, 2.75) is 4.43 Å². The average Bonchev–Trinajstić information content (AvgIpc) is 2.98. The molecule has 4 heteroatoms. The molecule has 2 heterocycles. The molecule has 3 aromatic rings. The number of aromatic nitrogens is 2. The highest BCUT2D eigenvalue weighted by Gasteiger charge is 2.09. The van der Waals surface area contributed by atoms with Crippen molar-refractivity contribution < 1.29 is 4.74 Å². The number of ether oxygens (including phenoxy) is 1. The van der Waals surface area contributed by atoms with Gasteiger partial charge in [-0.3, -0.25) is 4.98 Å². The van der Waals surface area contributed by atoms with Crippen LogP contribution in [0, 0.1) is 0 Å². The molecule has 21 heavy (non-hydrogen) atoms. The number of halogens is 1. The van der Waals surface area contributed by atoms with Crippen LogP contribution in [0.2, 0.25) is 0 Å². The monoisotopic (exact) mass is 390 g/mol. The van der Waals surface area contributed by atoms with E-state index in [2.05, 4.69) is 45.2 Å². The molecule has 0 saturated heterocycles. The molecule has 0 aliphatic carbocycles.